The first-order valence-electron chi connectivity index (χ1n) is 13.0. The number of thioether (sulfide) groups is 1. The highest BCUT2D eigenvalue weighted by Gasteiger charge is 2.38. The van der Waals surface area contributed by atoms with Crippen molar-refractivity contribution >= 4 is 65.7 Å². The van der Waals surface area contributed by atoms with Gasteiger partial charge in [0.2, 0.25) is 5.52 Å². The summed E-state index contributed by atoms with van der Waals surface area (Å²) in [6.07, 6.45) is 2.64. The van der Waals surface area contributed by atoms with E-state index < -0.39 is 20.6 Å². The molecule has 1 aromatic heterocycles. The third-order valence-electron chi connectivity index (χ3n) is 6.86. The van der Waals surface area contributed by atoms with Crippen LogP contribution >= 0.6 is 23.1 Å². The summed E-state index contributed by atoms with van der Waals surface area (Å²) in [5.74, 6) is 0. The zero-order valence-corrected chi connectivity index (χ0v) is 25.5. The van der Waals surface area contributed by atoms with Crippen molar-refractivity contribution in [2.75, 3.05) is 4.31 Å². The lowest BCUT2D eigenvalue weighted by Gasteiger charge is -2.16. The zero-order valence-electron chi connectivity index (χ0n) is 22.2. The van der Waals surface area contributed by atoms with E-state index in [1.54, 1.807) is 18.2 Å². The van der Waals surface area contributed by atoms with Gasteiger partial charge in [0.05, 0.1) is 11.8 Å². The van der Waals surface area contributed by atoms with Gasteiger partial charge < -0.3 is 0 Å². The standard InChI is InChI=1S/C30H24N2O6S4/c1-2-9-24-23(21-12-7-4-8-13-21)15-17-27-30(24)32(42(36,37)38)29(40-27)19-28-31(41(33,34)35)25-18-22(14-16-26(25)39-28)20-10-5-3-6-11-20/h3-8,10-19H,2,9H2,1H3,(H-,33,34,35,36,37,38)/p+1. The number of thiazole rings is 1. The van der Waals surface area contributed by atoms with Crippen LogP contribution in [0.2, 0.25) is 0 Å². The SMILES string of the molecule is CCCc1c(-c2ccccc2)ccc2sc(C=C3Sc4ccc(-c5ccccc5)cc4N3S(=O)(=O)O)[n+](S(=O)(=O)O)c12. The molecule has 0 bridgehead atoms. The van der Waals surface area contributed by atoms with Crippen molar-refractivity contribution in [3.63, 3.8) is 0 Å². The first-order valence-corrected chi connectivity index (χ1v) is 17.4. The normalized spacial score (nSPS) is 14.5. The summed E-state index contributed by atoms with van der Waals surface area (Å²) < 4.78 is 74.2. The van der Waals surface area contributed by atoms with Gasteiger partial charge in [-0.15, -0.1) is 8.42 Å². The molecule has 214 valence electrons. The van der Waals surface area contributed by atoms with E-state index in [2.05, 4.69) is 0 Å². The summed E-state index contributed by atoms with van der Waals surface area (Å²) in [4.78, 5) is 0.566. The van der Waals surface area contributed by atoms with E-state index in [-0.39, 0.29) is 15.7 Å². The monoisotopic (exact) mass is 637 g/mol. The highest BCUT2D eigenvalue weighted by molar-refractivity contribution is 8.05. The van der Waals surface area contributed by atoms with Crippen LogP contribution in [-0.4, -0.2) is 25.9 Å². The quantitative estimate of drug-likeness (QED) is 0.148. The number of benzene rings is 4. The molecule has 0 radical (unpaired) electrons. The molecule has 0 saturated heterocycles. The lowest BCUT2D eigenvalue weighted by Crippen LogP contribution is -2.44. The summed E-state index contributed by atoms with van der Waals surface area (Å²) in [5.41, 5.74) is 4.69. The number of hydrogen-bond donors (Lipinski definition) is 2. The minimum atomic E-state index is -4.82. The Morgan fingerprint density at radius 3 is 2.12 bits per heavy atom. The van der Waals surface area contributed by atoms with Crippen molar-refractivity contribution in [1.29, 1.82) is 0 Å². The van der Waals surface area contributed by atoms with E-state index in [0.29, 0.717) is 21.5 Å². The van der Waals surface area contributed by atoms with Gasteiger partial charge in [-0.1, -0.05) is 109 Å². The molecule has 0 unspecified atom stereocenters. The predicted molar refractivity (Wildman–Crippen MR) is 168 cm³/mol. The van der Waals surface area contributed by atoms with Gasteiger partial charge in [-0.2, -0.15) is 8.42 Å². The zero-order chi connectivity index (χ0) is 29.6. The van der Waals surface area contributed by atoms with E-state index in [1.165, 1.54) is 6.08 Å². The van der Waals surface area contributed by atoms with Crippen molar-refractivity contribution in [2.24, 2.45) is 0 Å². The second-order valence-corrected chi connectivity index (χ2v) is 14.3. The number of anilines is 1. The fourth-order valence-corrected chi connectivity index (χ4v) is 9.53. The number of fused-ring (bicyclic) bond motifs is 2. The molecule has 8 nitrogen and oxygen atoms in total. The van der Waals surface area contributed by atoms with Crippen LogP contribution in [0.5, 0.6) is 0 Å². The predicted octanol–water partition coefficient (Wildman–Crippen LogP) is 6.84. The van der Waals surface area contributed by atoms with Crippen molar-refractivity contribution < 1.29 is 29.9 Å². The van der Waals surface area contributed by atoms with E-state index in [4.69, 9.17) is 0 Å². The molecular weight excluding hydrogens is 613 g/mol. The Morgan fingerprint density at radius 1 is 0.833 bits per heavy atom. The molecule has 1 aliphatic heterocycles. The third kappa shape index (κ3) is 5.26. The molecule has 12 heteroatoms. The second kappa shape index (κ2) is 11.0. The molecule has 0 saturated carbocycles. The van der Waals surface area contributed by atoms with Crippen LogP contribution in [0, 0.1) is 0 Å². The minimum absolute atomic E-state index is 0.0713. The first kappa shape index (κ1) is 28.6. The molecular formula is C30H25N2O6S4+. The maximum absolute atomic E-state index is 12.9. The Kier molecular flexibility index (Phi) is 7.46. The van der Waals surface area contributed by atoms with Crippen molar-refractivity contribution in [3.8, 4) is 22.3 Å². The number of hydrogen-bond acceptors (Lipinski definition) is 6. The highest BCUT2D eigenvalue weighted by Crippen LogP contribution is 2.49. The van der Waals surface area contributed by atoms with Crippen LogP contribution in [0.25, 0.3) is 38.5 Å². The van der Waals surface area contributed by atoms with Crippen LogP contribution in [-0.2, 0) is 27.0 Å². The topological polar surface area (TPSA) is 116 Å². The Morgan fingerprint density at radius 2 is 1.50 bits per heavy atom. The molecule has 0 fully saturated rings. The summed E-state index contributed by atoms with van der Waals surface area (Å²) in [5, 5.41) is 0.157. The van der Waals surface area contributed by atoms with Crippen LogP contribution in [0.4, 0.5) is 5.69 Å². The van der Waals surface area contributed by atoms with Crippen molar-refractivity contribution in [1.82, 2.24) is 0 Å². The summed E-state index contributed by atoms with van der Waals surface area (Å²) in [6, 6.07) is 28.0. The van der Waals surface area contributed by atoms with Crippen LogP contribution in [0.1, 0.15) is 23.9 Å². The fraction of sp³-hybridized carbons (Fsp3) is 0.100. The van der Waals surface area contributed by atoms with Gasteiger partial charge in [0.25, 0.3) is 5.01 Å². The van der Waals surface area contributed by atoms with Gasteiger partial charge in [-0.25, -0.2) is 8.86 Å². The number of rotatable bonds is 7. The number of nitrogens with zero attached hydrogens (tertiary/aromatic N) is 2. The maximum atomic E-state index is 12.9. The Labute approximate surface area is 252 Å². The van der Waals surface area contributed by atoms with Gasteiger partial charge in [-0.3, -0.25) is 4.55 Å². The average Bonchev–Trinajstić information content (AvgIpc) is 3.52. The van der Waals surface area contributed by atoms with Crippen LogP contribution < -0.4 is 8.28 Å². The average molecular weight is 638 g/mol. The lowest BCUT2D eigenvalue weighted by atomic mass is 9.96. The molecule has 0 atom stereocenters. The van der Waals surface area contributed by atoms with Gasteiger partial charge in [0.15, 0.2) is 0 Å². The molecule has 5 aromatic rings. The molecule has 4 aromatic carbocycles. The van der Waals surface area contributed by atoms with Crippen LogP contribution in [0.15, 0.2) is 101 Å². The van der Waals surface area contributed by atoms with E-state index in [9.17, 15) is 25.9 Å². The largest absolute Gasteiger partial charge is 0.513 e. The molecule has 0 spiro atoms. The van der Waals surface area contributed by atoms with Crippen LogP contribution in [0.3, 0.4) is 0 Å². The maximum Gasteiger partial charge on any atom is 0.513 e. The van der Waals surface area contributed by atoms with Gasteiger partial charge >= 0.3 is 20.6 Å². The van der Waals surface area contributed by atoms with Crippen molar-refractivity contribution in [2.45, 2.75) is 24.7 Å². The van der Waals surface area contributed by atoms with E-state index in [1.807, 2.05) is 79.7 Å². The lowest BCUT2D eigenvalue weighted by molar-refractivity contribution is -0.486. The molecule has 0 amide bonds. The summed E-state index contributed by atoms with van der Waals surface area (Å²) >= 11 is 2.18. The number of aromatic nitrogens is 1. The van der Waals surface area contributed by atoms with E-state index in [0.717, 1.165) is 65.6 Å². The molecule has 2 heterocycles. The van der Waals surface area contributed by atoms with Gasteiger partial charge in [0.1, 0.15) is 9.73 Å². The van der Waals surface area contributed by atoms with E-state index >= 15 is 0 Å². The Hall–Kier alpha value is -3.52. The molecule has 2 N–H and O–H groups in total. The molecule has 1 aliphatic rings. The minimum Gasteiger partial charge on any atom is -0.269 e. The first-order chi connectivity index (χ1) is 20.1. The molecule has 0 aliphatic carbocycles. The second-order valence-electron chi connectivity index (χ2n) is 9.61. The molecule has 42 heavy (non-hydrogen) atoms. The summed E-state index contributed by atoms with van der Waals surface area (Å²) in [6.45, 7) is 1.99. The molecule has 6 rings (SSSR count). The fourth-order valence-electron chi connectivity index (χ4n) is 5.17. The number of aryl methyl sites for hydroxylation is 1. The van der Waals surface area contributed by atoms with Gasteiger partial charge in [0, 0.05) is 10.5 Å². The summed E-state index contributed by atoms with van der Waals surface area (Å²) in [7, 11) is -9.61. The smallest absolute Gasteiger partial charge is 0.269 e. The Bertz CT molecular complexity index is 2080. The Balaban J connectivity index is 1.56. The third-order valence-corrected chi connectivity index (χ3v) is 10.9. The van der Waals surface area contributed by atoms with Gasteiger partial charge in [-0.05, 0) is 50.8 Å². The van der Waals surface area contributed by atoms with Crippen molar-refractivity contribution in [3.05, 3.63) is 107 Å². The highest BCUT2D eigenvalue weighted by atomic mass is 32.2.